The second-order valence-electron chi connectivity index (χ2n) is 3.49. The lowest BCUT2D eigenvalue weighted by atomic mass is 10.2. The number of nitrogens with zero attached hydrogens (tertiary/aromatic N) is 1. The number of nitrogens with one attached hydrogen (secondary N) is 2. The molecule has 0 aliphatic heterocycles. The maximum atomic E-state index is 11.7. The minimum absolute atomic E-state index is 0.138. The second kappa shape index (κ2) is 5.97. The summed E-state index contributed by atoms with van der Waals surface area (Å²) < 4.78 is 0. The van der Waals surface area contributed by atoms with Gasteiger partial charge in [0.1, 0.15) is 0 Å². The average Bonchev–Trinajstić information content (AvgIpc) is 2.28. The summed E-state index contributed by atoms with van der Waals surface area (Å²) in [5.74, 6) is 0. The standard InChI is InChI=1S/C11H18N4O/c1-13-6-7-14-11(16)15(2)10-5-3-4-9(12)8-10/h3-5,8,13H,6-7,12H2,1-2H3,(H,14,16). The molecule has 0 unspecified atom stereocenters. The quantitative estimate of drug-likeness (QED) is 0.517. The third kappa shape index (κ3) is 3.43. The van der Waals surface area contributed by atoms with Gasteiger partial charge in [0.2, 0.25) is 0 Å². The van der Waals surface area contributed by atoms with Crippen molar-refractivity contribution < 1.29 is 4.79 Å². The van der Waals surface area contributed by atoms with Gasteiger partial charge in [0.15, 0.2) is 0 Å². The molecular formula is C11H18N4O. The van der Waals surface area contributed by atoms with Gasteiger partial charge < -0.3 is 16.4 Å². The number of likely N-dealkylation sites (N-methyl/N-ethyl adjacent to an activating group) is 1. The molecule has 1 aromatic rings. The number of hydrogen-bond donors (Lipinski definition) is 3. The van der Waals surface area contributed by atoms with Crippen LogP contribution in [0.2, 0.25) is 0 Å². The van der Waals surface area contributed by atoms with Gasteiger partial charge in [-0.2, -0.15) is 0 Å². The Morgan fingerprint density at radius 1 is 1.44 bits per heavy atom. The number of nitrogen functional groups attached to an aromatic ring is 1. The van der Waals surface area contributed by atoms with Crippen LogP contribution in [0, 0.1) is 0 Å². The first-order valence-corrected chi connectivity index (χ1v) is 5.17. The number of rotatable bonds is 4. The van der Waals surface area contributed by atoms with Crippen LogP contribution in [0.25, 0.3) is 0 Å². The van der Waals surface area contributed by atoms with Crippen LogP contribution in [-0.4, -0.2) is 33.2 Å². The number of nitrogens with two attached hydrogens (primary N) is 1. The molecule has 0 radical (unpaired) electrons. The van der Waals surface area contributed by atoms with Gasteiger partial charge in [-0.3, -0.25) is 4.90 Å². The van der Waals surface area contributed by atoms with Gasteiger partial charge in [0.05, 0.1) is 0 Å². The van der Waals surface area contributed by atoms with Gasteiger partial charge in [-0.25, -0.2) is 4.79 Å². The number of carbonyl (C=O) groups is 1. The Balaban J connectivity index is 2.56. The monoisotopic (exact) mass is 222 g/mol. The normalized spacial score (nSPS) is 9.88. The van der Waals surface area contributed by atoms with E-state index < -0.39 is 0 Å². The molecule has 0 atom stereocenters. The molecule has 0 fully saturated rings. The van der Waals surface area contributed by atoms with Gasteiger partial charge in [-0.15, -0.1) is 0 Å². The Kier molecular flexibility index (Phi) is 4.60. The Hall–Kier alpha value is -1.75. The highest BCUT2D eigenvalue weighted by atomic mass is 16.2. The highest BCUT2D eigenvalue weighted by Gasteiger charge is 2.09. The largest absolute Gasteiger partial charge is 0.399 e. The molecule has 0 spiro atoms. The number of carbonyl (C=O) groups excluding carboxylic acids is 1. The Bertz CT molecular complexity index is 354. The average molecular weight is 222 g/mol. The molecule has 0 aromatic heterocycles. The van der Waals surface area contributed by atoms with Gasteiger partial charge in [-0.05, 0) is 25.2 Å². The van der Waals surface area contributed by atoms with E-state index in [0.717, 1.165) is 12.2 Å². The Labute approximate surface area is 95.6 Å². The van der Waals surface area contributed by atoms with E-state index >= 15 is 0 Å². The zero-order chi connectivity index (χ0) is 12.0. The molecule has 4 N–H and O–H groups in total. The fraction of sp³-hybridized carbons (Fsp3) is 0.364. The van der Waals surface area contributed by atoms with E-state index in [0.29, 0.717) is 12.2 Å². The summed E-state index contributed by atoms with van der Waals surface area (Å²) in [6.07, 6.45) is 0. The lowest BCUT2D eigenvalue weighted by molar-refractivity contribution is 0.247. The maximum Gasteiger partial charge on any atom is 0.321 e. The summed E-state index contributed by atoms with van der Waals surface area (Å²) in [6, 6.07) is 7.07. The van der Waals surface area contributed by atoms with Gasteiger partial charge in [-0.1, -0.05) is 6.07 Å². The van der Waals surface area contributed by atoms with Crippen molar-refractivity contribution >= 4 is 17.4 Å². The van der Waals surface area contributed by atoms with E-state index in [4.69, 9.17) is 5.73 Å². The molecule has 0 aliphatic rings. The minimum Gasteiger partial charge on any atom is -0.399 e. The molecule has 0 saturated carbocycles. The Morgan fingerprint density at radius 2 is 2.19 bits per heavy atom. The first-order chi connectivity index (χ1) is 7.65. The van der Waals surface area contributed by atoms with E-state index in [1.54, 1.807) is 19.2 Å². The smallest absolute Gasteiger partial charge is 0.321 e. The van der Waals surface area contributed by atoms with Crippen molar-refractivity contribution in [1.82, 2.24) is 10.6 Å². The SMILES string of the molecule is CNCCNC(=O)N(C)c1cccc(N)c1. The molecule has 1 rings (SSSR count). The van der Waals surface area contributed by atoms with Crippen LogP contribution in [0.15, 0.2) is 24.3 Å². The summed E-state index contributed by atoms with van der Waals surface area (Å²) in [5, 5.41) is 5.74. The van der Waals surface area contributed by atoms with Crippen LogP contribution in [0.4, 0.5) is 16.2 Å². The zero-order valence-electron chi connectivity index (χ0n) is 9.66. The summed E-state index contributed by atoms with van der Waals surface area (Å²) >= 11 is 0. The van der Waals surface area contributed by atoms with Crippen molar-refractivity contribution in [3.63, 3.8) is 0 Å². The zero-order valence-corrected chi connectivity index (χ0v) is 9.66. The molecule has 2 amide bonds. The van der Waals surface area contributed by atoms with Crippen LogP contribution in [-0.2, 0) is 0 Å². The van der Waals surface area contributed by atoms with Crippen molar-refractivity contribution in [2.75, 3.05) is 37.8 Å². The van der Waals surface area contributed by atoms with Crippen LogP contribution in [0.1, 0.15) is 0 Å². The number of hydrogen-bond acceptors (Lipinski definition) is 3. The van der Waals surface area contributed by atoms with Crippen LogP contribution in [0.5, 0.6) is 0 Å². The second-order valence-corrected chi connectivity index (χ2v) is 3.49. The molecule has 0 saturated heterocycles. The molecule has 0 heterocycles. The molecule has 88 valence electrons. The van der Waals surface area contributed by atoms with Crippen LogP contribution >= 0.6 is 0 Å². The van der Waals surface area contributed by atoms with E-state index in [1.807, 2.05) is 19.2 Å². The van der Waals surface area contributed by atoms with E-state index in [2.05, 4.69) is 10.6 Å². The summed E-state index contributed by atoms with van der Waals surface area (Å²) in [6.45, 7) is 1.35. The predicted molar refractivity (Wildman–Crippen MR) is 66.6 cm³/mol. The van der Waals surface area contributed by atoms with Crippen molar-refractivity contribution in [1.29, 1.82) is 0 Å². The fourth-order valence-corrected chi connectivity index (χ4v) is 1.26. The Morgan fingerprint density at radius 3 is 2.81 bits per heavy atom. The highest BCUT2D eigenvalue weighted by molar-refractivity contribution is 5.91. The molecule has 5 nitrogen and oxygen atoms in total. The summed E-state index contributed by atoms with van der Waals surface area (Å²) in [7, 11) is 3.55. The summed E-state index contributed by atoms with van der Waals surface area (Å²) in [5.41, 5.74) is 7.08. The van der Waals surface area contributed by atoms with Gasteiger partial charge in [0, 0.05) is 31.5 Å². The van der Waals surface area contributed by atoms with Crippen molar-refractivity contribution in [2.45, 2.75) is 0 Å². The van der Waals surface area contributed by atoms with E-state index in [-0.39, 0.29) is 6.03 Å². The van der Waals surface area contributed by atoms with E-state index in [9.17, 15) is 4.79 Å². The number of benzene rings is 1. The fourth-order valence-electron chi connectivity index (χ4n) is 1.26. The van der Waals surface area contributed by atoms with Crippen molar-refractivity contribution in [3.8, 4) is 0 Å². The molecule has 16 heavy (non-hydrogen) atoms. The molecular weight excluding hydrogens is 204 g/mol. The molecule has 5 heteroatoms. The van der Waals surface area contributed by atoms with Crippen LogP contribution < -0.4 is 21.3 Å². The molecule has 0 bridgehead atoms. The van der Waals surface area contributed by atoms with Crippen molar-refractivity contribution in [2.24, 2.45) is 0 Å². The van der Waals surface area contributed by atoms with Gasteiger partial charge in [0.25, 0.3) is 0 Å². The van der Waals surface area contributed by atoms with Crippen LogP contribution in [0.3, 0.4) is 0 Å². The number of anilines is 2. The predicted octanol–water partition coefficient (Wildman–Crippen LogP) is 0.634. The molecule has 1 aromatic carbocycles. The first-order valence-electron chi connectivity index (χ1n) is 5.17. The summed E-state index contributed by atoms with van der Waals surface area (Å²) in [4.78, 5) is 13.2. The lowest BCUT2D eigenvalue weighted by Gasteiger charge is -2.18. The topological polar surface area (TPSA) is 70.4 Å². The molecule has 0 aliphatic carbocycles. The highest BCUT2D eigenvalue weighted by Crippen LogP contribution is 2.15. The van der Waals surface area contributed by atoms with Crippen molar-refractivity contribution in [3.05, 3.63) is 24.3 Å². The number of urea groups is 1. The third-order valence-corrected chi connectivity index (χ3v) is 2.21. The van der Waals surface area contributed by atoms with E-state index in [1.165, 1.54) is 4.90 Å². The van der Waals surface area contributed by atoms with Gasteiger partial charge >= 0.3 is 6.03 Å². The minimum atomic E-state index is -0.138. The lowest BCUT2D eigenvalue weighted by Crippen LogP contribution is -2.40. The maximum absolute atomic E-state index is 11.7. The first kappa shape index (κ1) is 12.3. The third-order valence-electron chi connectivity index (χ3n) is 2.21. The number of amides is 2.